The number of aromatic nitrogens is 2. The number of carbonyl (C=O) groups is 1. The van der Waals surface area contributed by atoms with Gasteiger partial charge in [0.1, 0.15) is 17.2 Å². The number of esters is 1. The van der Waals surface area contributed by atoms with Crippen LogP contribution in [-0.4, -0.2) is 26.5 Å². The Labute approximate surface area is 219 Å². The number of halogens is 1. The van der Waals surface area contributed by atoms with Gasteiger partial charge in [-0.15, -0.1) is 0 Å². The van der Waals surface area contributed by atoms with Gasteiger partial charge in [0.05, 0.1) is 22.8 Å². The quantitative estimate of drug-likeness (QED) is 0.422. The van der Waals surface area contributed by atoms with Gasteiger partial charge < -0.3 is 9.84 Å². The lowest BCUT2D eigenvalue weighted by atomic mass is 9.76. The van der Waals surface area contributed by atoms with E-state index in [9.17, 15) is 19.6 Å². The third-order valence-electron chi connectivity index (χ3n) is 8.46. The van der Waals surface area contributed by atoms with Gasteiger partial charge in [-0.2, -0.15) is 10.4 Å². The predicted molar refractivity (Wildman–Crippen MR) is 139 cm³/mol. The summed E-state index contributed by atoms with van der Waals surface area (Å²) in [5.41, 5.74) is 2.54. The second-order valence-electron chi connectivity index (χ2n) is 11.2. The van der Waals surface area contributed by atoms with Crippen LogP contribution in [0.25, 0.3) is 0 Å². The minimum Gasteiger partial charge on any atom is -0.512 e. The highest BCUT2D eigenvalue weighted by atomic mass is 19.1. The van der Waals surface area contributed by atoms with E-state index in [1.165, 1.54) is 6.07 Å². The van der Waals surface area contributed by atoms with E-state index < -0.39 is 22.8 Å². The third kappa shape index (κ3) is 5.16. The SMILES string of the molecule is CCn1nc(C)c(CC2=C(O)CC(CCc3ccc(C(C)(C)C#N)c(F)c3)(C3CCCC3)OC2=O)c1C. The first kappa shape index (κ1) is 26.9. The number of ether oxygens (including phenoxy) is 1. The molecule has 1 atom stereocenters. The summed E-state index contributed by atoms with van der Waals surface area (Å²) < 4.78 is 23.0. The lowest BCUT2D eigenvalue weighted by Gasteiger charge is -2.42. The Morgan fingerprint density at radius 2 is 2.00 bits per heavy atom. The lowest BCUT2D eigenvalue weighted by molar-refractivity contribution is -0.167. The van der Waals surface area contributed by atoms with Crippen LogP contribution in [0.5, 0.6) is 0 Å². The fourth-order valence-electron chi connectivity index (χ4n) is 6.10. The van der Waals surface area contributed by atoms with E-state index >= 15 is 0 Å². The molecule has 0 bridgehead atoms. The van der Waals surface area contributed by atoms with Crippen molar-refractivity contribution in [1.82, 2.24) is 9.78 Å². The van der Waals surface area contributed by atoms with Gasteiger partial charge >= 0.3 is 5.97 Å². The molecule has 2 heterocycles. The largest absolute Gasteiger partial charge is 0.512 e. The summed E-state index contributed by atoms with van der Waals surface area (Å²) in [5, 5.41) is 25.1. The van der Waals surface area contributed by atoms with E-state index in [1.807, 2.05) is 31.5 Å². The molecule has 4 rings (SSSR count). The molecule has 6 nitrogen and oxygen atoms in total. The summed E-state index contributed by atoms with van der Waals surface area (Å²) in [7, 11) is 0. The number of rotatable bonds is 8. The summed E-state index contributed by atoms with van der Waals surface area (Å²) in [6.07, 6.45) is 5.63. The summed E-state index contributed by atoms with van der Waals surface area (Å²) in [5.74, 6) is -0.601. The number of aliphatic hydroxyl groups excluding tert-OH is 1. The van der Waals surface area contributed by atoms with Crippen LogP contribution in [0, 0.1) is 36.9 Å². The molecule has 1 aromatic carbocycles. The first-order chi connectivity index (χ1) is 17.5. The Morgan fingerprint density at radius 1 is 1.30 bits per heavy atom. The zero-order valence-corrected chi connectivity index (χ0v) is 22.7. The summed E-state index contributed by atoms with van der Waals surface area (Å²) in [6, 6.07) is 7.17. The molecule has 37 heavy (non-hydrogen) atoms. The number of carbonyl (C=O) groups excluding carboxylic acids is 1. The van der Waals surface area contributed by atoms with E-state index in [-0.39, 0.29) is 18.1 Å². The minimum atomic E-state index is -0.913. The number of hydrogen-bond donors (Lipinski definition) is 1. The number of hydrogen-bond acceptors (Lipinski definition) is 5. The van der Waals surface area contributed by atoms with Crippen LogP contribution in [0.1, 0.15) is 87.4 Å². The molecule has 198 valence electrons. The number of aryl methyl sites for hydroxylation is 3. The highest BCUT2D eigenvalue weighted by Gasteiger charge is 2.48. The van der Waals surface area contributed by atoms with Crippen molar-refractivity contribution >= 4 is 5.97 Å². The smallest absolute Gasteiger partial charge is 0.338 e. The number of nitriles is 1. The molecule has 1 aromatic heterocycles. The highest BCUT2D eigenvalue weighted by molar-refractivity contribution is 5.91. The first-order valence-corrected chi connectivity index (χ1v) is 13.4. The number of aliphatic hydroxyl groups is 1. The molecule has 7 heteroatoms. The van der Waals surface area contributed by atoms with Gasteiger partial charge in [0, 0.05) is 36.2 Å². The highest BCUT2D eigenvalue weighted by Crippen LogP contribution is 2.46. The molecule has 0 radical (unpaired) electrons. The van der Waals surface area contributed by atoms with Crippen molar-refractivity contribution in [3.8, 4) is 6.07 Å². The van der Waals surface area contributed by atoms with Crippen molar-refractivity contribution in [1.29, 1.82) is 5.26 Å². The van der Waals surface area contributed by atoms with Gasteiger partial charge in [-0.1, -0.05) is 25.0 Å². The van der Waals surface area contributed by atoms with Crippen LogP contribution in [0.2, 0.25) is 0 Å². The maximum absolute atomic E-state index is 14.9. The second kappa shape index (κ2) is 10.3. The van der Waals surface area contributed by atoms with Crippen LogP contribution >= 0.6 is 0 Å². The molecule has 2 aromatic rings. The monoisotopic (exact) mass is 507 g/mol. The van der Waals surface area contributed by atoms with Crippen molar-refractivity contribution in [2.45, 2.75) is 104 Å². The average molecular weight is 508 g/mol. The predicted octanol–water partition coefficient (Wildman–Crippen LogP) is 6.32. The van der Waals surface area contributed by atoms with Crippen molar-refractivity contribution in [3.05, 3.63) is 63.4 Å². The first-order valence-electron chi connectivity index (χ1n) is 13.4. The van der Waals surface area contributed by atoms with Gasteiger partial charge in [0.15, 0.2) is 0 Å². The fraction of sp³-hybridized carbons (Fsp3) is 0.567. The van der Waals surface area contributed by atoms with E-state index in [0.717, 1.165) is 54.7 Å². The van der Waals surface area contributed by atoms with Crippen LogP contribution in [-0.2, 0) is 34.3 Å². The van der Waals surface area contributed by atoms with Crippen LogP contribution in [0.4, 0.5) is 4.39 Å². The number of benzene rings is 1. The molecule has 1 N–H and O–H groups in total. The fourth-order valence-corrected chi connectivity index (χ4v) is 6.10. The van der Waals surface area contributed by atoms with Gasteiger partial charge in [-0.3, -0.25) is 4.68 Å². The molecule has 1 fully saturated rings. The maximum atomic E-state index is 14.9. The minimum absolute atomic E-state index is 0.100. The molecule has 0 spiro atoms. The van der Waals surface area contributed by atoms with E-state index in [1.54, 1.807) is 19.9 Å². The topological polar surface area (TPSA) is 88.1 Å². The van der Waals surface area contributed by atoms with Crippen molar-refractivity contribution in [3.63, 3.8) is 0 Å². The number of nitrogens with zero attached hydrogens (tertiary/aromatic N) is 3. The molecule has 1 unspecified atom stereocenters. The summed E-state index contributed by atoms with van der Waals surface area (Å²) in [6.45, 7) is 10.1. The number of cyclic esters (lactones) is 1. The molecular weight excluding hydrogens is 469 g/mol. The van der Waals surface area contributed by atoms with Gasteiger partial charge in [0.2, 0.25) is 0 Å². The van der Waals surface area contributed by atoms with Gasteiger partial charge in [-0.25, -0.2) is 9.18 Å². The molecule has 0 saturated heterocycles. The zero-order valence-electron chi connectivity index (χ0n) is 22.7. The van der Waals surface area contributed by atoms with Crippen molar-refractivity contribution in [2.24, 2.45) is 5.92 Å². The Hall–Kier alpha value is -3.14. The Morgan fingerprint density at radius 3 is 2.57 bits per heavy atom. The van der Waals surface area contributed by atoms with Crippen molar-refractivity contribution < 1.29 is 19.0 Å². The van der Waals surface area contributed by atoms with Gasteiger partial charge in [-0.05, 0) is 77.8 Å². The molecule has 1 aliphatic carbocycles. The average Bonchev–Trinajstić information content (AvgIpc) is 3.49. The third-order valence-corrected chi connectivity index (χ3v) is 8.46. The molecular formula is C30H38FN3O3. The van der Waals surface area contributed by atoms with Gasteiger partial charge in [0.25, 0.3) is 0 Å². The molecule has 1 saturated carbocycles. The normalized spacial score (nSPS) is 20.8. The van der Waals surface area contributed by atoms with Crippen molar-refractivity contribution in [2.75, 3.05) is 0 Å². The lowest BCUT2D eigenvalue weighted by Crippen LogP contribution is -2.46. The summed E-state index contributed by atoms with van der Waals surface area (Å²) in [4.78, 5) is 13.4. The molecule has 2 aliphatic rings. The van der Waals surface area contributed by atoms with E-state index in [0.29, 0.717) is 30.4 Å². The zero-order chi connectivity index (χ0) is 27.0. The Balaban J connectivity index is 1.59. The molecule has 1 aliphatic heterocycles. The van der Waals surface area contributed by atoms with E-state index in [4.69, 9.17) is 4.74 Å². The van der Waals surface area contributed by atoms with Crippen LogP contribution < -0.4 is 0 Å². The van der Waals surface area contributed by atoms with E-state index in [2.05, 4.69) is 11.2 Å². The van der Waals surface area contributed by atoms with Crippen LogP contribution in [0.15, 0.2) is 29.5 Å². The standard InChI is InChI=1S/C30H38FN3O3/c1-6-34-20(3)23(19(2)33-34)16-24-27(35)17-30(37-28(24)36,22-9-7-8-10-22)14-13-21-11-12-25(26(31)15-21)29(4,5)18-32/h11-12,15,22,35H,6-10,13-14,16-17H2,1-5H3. The maximum Gasteiger partial charge on any atom is 0.338 e. The van der Waals surface area contributed by atoms with Crippen LogP contribution in [0.3, 0.4) is 0 Å². The second-order valence-corrected chi connectivity index (χ2v) is 11.2. The Bertz CT molecular complexity index is 1260. The summed E-state index contributed by atoms with van der Waals surface area (Å²) >= 11 is 0. The molecule has 0 amide bonds. The Kier molecular flexibility index (Phi) is 7.50.